The maximum absolute atomic E-state index is 13.9. The lowest BCUT2D eigenvalue weighted by molar-refractivity contribution is -0.138. The largest absolute Gasteiger partial charge is 0.457 e. The number of carbonyl (C=O) groups is 1. The Morgan fingerprint density at radius 2 is 1.50 bits per heavy atom. The van der Waals surface area contributed by atoms with E-state index in [2.05, 4.69) is 0 Å². The molecule has 0 atom stereocenters. The lowest BCUT2D eigenvalue weighted by atomic mass is 9.86. The third-order valence-corrected chi connectivity index (χ3v) is 5.89. The van der Waals surface area contributed by atoms with Crippen LogP contribution in [-0.2, 0) is 29.1 Å². The van der Waals surface area contributed by atoms with E-state index in [1.54, 1.807) is 0 Å². The molecule has 36 heavy (non-hydrogen) atoms. The van der Waals surface area contributed by atoms with Crippen LogP contribution in [0.2, 0.25) is 0 Å². The minimum Gasteiger partial charge on any atom is -0.457 e. The molecule has 1 aliphatic rings. The monoisotopic (exact) mass is 515 g/mol. The van der Waals surface area contributed by atoms with E-state index in [4.69, 9.17) is 4.74 Å². The van der Waals surface area contributed by atoms with Crippen LogP contribution in [0.1, 0.15) is 36.1 Å². The van der Waals surface area contributed by atoms with Crippen LogP contribution in [0.4, 0.5) is 40.8 Å². The van der Waals surface area contributed by atoms with Crippen molar-refractivity contribution >= 4 is 11.6 Å². The second-order valence-corrected chi connectivity index (χ2v) is 8.73. The van der Waals surface area contributed by atoms with Crippen LogP contribution >= 0.6 is 0 Å². The van der Waals surface area contributed by atoms with Crippen molar-refractivity contribution in [2.75, 3.05) is 4.90 Å². The van der Waals surface area contributed by atoms with Gasteiger partial charge in [0.25, 0.3) is 0 Å². The van der Waals surface area contributed by atoms with Gasteiger partial charge in [0.15, 0.2) is 0 Å². The standard InChI is InChI=1S/C25H17F8NO2/c1-23(2)19-7-6-13(24(28,29)30)8-20(19)34(22(23)35)12-17-18(25(31,32)33)4-3-5-21(17)36-16-10-14(26)9-15(27)11-16/h3-11H,12H2,1-2H3. The van der Waals surface area contributed by atoms with Crippen molar-refractivity contribution in [1.82, 2.24) is 0 Å². The number of fused-ring (bicyclic) bond motifs is 1. The van der Waals surface area contributed by atoms with E-state index in [0.29, 0.717) is 18.2 Å². The van der Waals surface area contributed by atoms with Crippen LogP contribution in [0.5, 0.6) is 11.5 Å². The molecule has 0 saturated carbocycles. The molecule has 0 fully saturated rings. The van der Waals surface area contributed by atoms with Gasteiger partial charge in [-0.2, -0.15) is 26.3 Å². The van der Waals surface area contributed by atoms with E-state index in [-0.39, 0.29) is 11.3 Å². The van der Waals surface area contributed by atoms with Gasteiger partial charge in [0.1, 0.15) is 23.1 Å². The van der Waals surface area contributed by atoms with Crippen molar-refractivity contribution in [1.29, 1.82) is 0 Å². The maximum Gasteiger partial charge on any atom is 0.416 e. The number of alkyl halides is 6. The van der Waals surface area contributed by atoms with Crippen molar-refractivity contribution in [3.05, 3.63) is 88.5 Å². The second-order valence-electron chi connectivity index (χ2n) is 8.73. The van der Waals surface area contributed by atoms with Gasteiger partial charge in [-0.15, -0.1) is 0 Å². The van der Waals surface area contributed by atoms with Gasteiger partial charge in [0.05, 0.1) is 23.1 Å². The molecule has 4 rings (SSSR count). The SMILES string of the molecule is CC1(C)C(=O)N(Cc2c(Oc3cc(F)cc(F)c3)cccc2C(F)(F)F)c2cc(C(F)(F)F)ccc21. The quantitative estimate of drug-likeness (QED) is 0.335. The smallest absolute Gasteiger partial charge is 0.416 e. The third-order valence-electron chi connectivity index (χ3n) is 5.89. The van der Waals surface area contributed by atoms with Crippen LogP contribution in [0.3, 0.4) is 0 Å². The summed E-state index contributed by atoms with van der Waals surface area (Å²) < 4.78 is 114. The van der Waals surface area contributed by atoms with E-state index in [1.165, 1.54) is 13.8 Å². The van der Waals surface area contributed by atoms with Crippen molar-refractivity contribution in [3.8, 4) is 11.5 Å². The average Bonchev–Trinajstić information content (AvgIpc) is 2.93. The second kappa shape index (κ2) is 8.49. The number of hydrogen-bond acceptors (Lipinski definition) is 2. The first-order valence-electron chi connectivity index (χ1n) is 10.5. The number of anilines is 1. The lowest BCUT2D eigenvalue weighted by Crippen LogP contribution is -2.36. The Bertz CT molecular complexity index is 1320. The van der Waals surface area contributed by atoms with Gasteiger partial charge in [0, 0.05) is 29.4 Å². The highest BCUT2D eigenvalue weighted by atomic mass is 19.4. The molecule has 3 aromatic carbocycles. The molecule has 3 nitrogen and oxygen atoms in total. The predicted molar refractivity (Wildman–Crippen MR) is 114 cm³/mol. The number of halogens is 8. The van der Waals surface area contributed by atoms with Crippen LogP contribution < -0.4 is 9.64 Å². The van der Waals surface area contributed by atoms with Crippen molar-refractivity contribution in [2.24, 2.45) is 0 Å². The summed E-state index contributed by atoms with van der Waals surface area (Å²) in [6.07, 6.45) is -9.69. The van der Waals surface area contributed by atoms with Gasteiger partial charge in [0.2, 0.25) is 5.91 Å². The van der Waals surface area contributed by atoms with Gasteiger partial charge < -0.3 is 9.64 Å². The molecule has 0 N–H and O–H groups in total. The minimum atomic E-state index is -4.93. The summed E-state index contributed by atoms with van der Waals surface area (Å²) in [7, 11) is 0. The zero-order chi connectivity index (χ0) is 26.6. The molecule has 0 unspecified atom stereocenters. The Labute approximate surface area is 199 Å². The van der Waals surface area contributed by atoms with Crippen molar-refractivity contribution in [2.45, 2.75) is 38.2 Å². The fourth-order valence-electron chi connectivity index (χ4n) is 4.14. The highest BCUT2D eigenvalue weighted by Gasteiger charge is 2.46. The molecule has 190 valence electrons. The highest BCUT2D eigenvalue weighted by molar-refractivity contribution is 6.07. The molecule has 0 saturated heterocycles. The number of nitrogens with zero attached hydrogens (tertiary/aromatic N) is 1. The predicted octanol–water partition coefficient (Wildman–Crippen LogP) is 7.62. The first-order valence-corrected chi connectivity index (χ1v) is 10.5. The third kappa shape index (κ3) is 4.61. The molecule has 0 spiro atoms. The minimum absolute atomic E-state index is 0.195. The highest BCUT2D eigenvalue weighted by Crippen LogP contribution is 2.47. The van der Waals surface area contributed by atoms with Gasteiger partial charge in [-0.05, 0) is 43.7 Å². The summed E-state index contributed by atoms with van der Waals surface area (Å²) in [5.41, 5.74) is -4.20. The normalized spacial score (nSPS) is 15.3. The van der Waals surface area contributed by atoms with E-state index in [9.17, 15) is 39.9 Å². The van der Waals surface area contributed by atoms with Gasteiger partial charge in [-0.25, -0.2) is 8.78 Å². The summed E-state index contributed by atoms with van der Waals surface area (Å²) in [6, 6.07) is 7.50. The fourth-order valence-corrected chi connectivity index (χ4v) is 4.14. The summed E-state index contributed by atoms with van der Waals surface area (Å²) in [5, 5.41) is 0. The molecule has 0 radical (unpaired) electrons. The molecule has 0 aliphatic carbocycles. The number of benzene rings is 3. The van der Waals surface area contributed by atoms with Gasteiger partial charge in [-0.3, -0.25) is 4.79 Å². The Morgan fingerprint density at radius 3 is 2.08 bits per heavy atom. The molecule has 0 bridgehead atoms. The van der Waals surface area contributed by atoms with Gasteiger partial charge >= 0.3 is 12.4 Å². The van der Waals surface area contributed by atoms with Crippen LogP contribution in [0, 0.1) is 11.6 Å². The maximum atomic E-state index is 13.9. The number of ether oxygens (including phenoxy) is 1. The summed E-state index contributed by atoms with van der Waals surface area (Å²) in [6.45, 7) is 2.09. The van der Waals surface area contributed by atoms with Gasteiger partial charge in [-0.1, -0.05) is 12.1 Å². The van der Waals surface area contributed by atoms with E-state index in [0.717, 1.165) is 41.3 Å². The molecular formula is C25H17F8NO2. The van der Waals surface area contributed by atoms with E-state index < -0.39 is 70.0 Å². The van der Waals surface area contributed by atoms with E-state index >= 15 is 0 Å². The van der Waals surface area contributed by atoms with Crippen LogP contribution in [-0.4, -0.2) is 5.91 Å². The van der Waals surface area contributed by atoms with Crippen LogP contribution in [0.15, 0.2) is 54.6 Å². The summed E-state index contributed by atoms with van der Waals surface area (Å²) in [4.78, 5) is 14.0. The Kier molecular flexibility index (Phi) is 6.01. The zero-order valence-electron chi connectivity index (χ0n) is 18.7. The number of amides is 1. The molecule has 3 aromatic rings. The van der Waals surface area contributed by atoms with Crippen LogP contribution in [0.25, 0.3) is 0 Å². The first kappa shape index (κ1) is 25.5. The number of carbonyl (C=O) groups excluding carboxylic acids is 1. The Morgan fingerprint density at radius 1 is 0.861 bits per heavy atom. The molecule has 1 heterocycles. The fraction of sp³-hybridized carbons (Fsp3) is 0.240. The molecular weight excluding hydrogens is 498 g/mol. The molecule has 0 aromatic heterocycles. The molecule has 1 aliphatic heterocycles. The topological polar surface area (TPSA) is 29.5 Å². The Balaban J connectivity index is 1.85. The number of rotatable bonds is 4. The lowest BCUT2D eigenvalue weighted by Gasteiger charge is -2.24. The van der Waals surface area contributed by atoms with Crippen molar-refractivity contribution in [3.63, 3.8) is 0 Å². The summed E-state index contributed by atoms with van der Waals surface area (Å²) >= 11 is 0. The number of hydrogen-bond donors (Lipinski definition) is 0. The average molecular weight is 515 g/mol. The van der Waals surface area contributed by atoms with E-state index in [1.807, 2.05) is 0 Å². The van der Waals surface area contributed by atoms with Crippen molar-refractivity contribution < 1.29 is 44.7 Å². The first-order chi connectivity index (χ1) is 16.6. The molecule has 11 heteroatoms. The molecule has 1 amide bonds. The summed E-state index contributed by atoms with van der Waals surface area (Å²) in [5.74, 6) is -3.72. The zero-order valence-corrected chi connectivity index (χ0v) is 18.7. The Hall–Kier alpha value is -3.63.